The summed E-state index contributed by atoms with van der Waals surface area (Å²) in [6.45, 7) is 6.98. The van der Waals surface area contributed by atoms with Gasteiger partial charge in [-0.3, -0.25) is 10.5 Å². The molecule has 0 aromatic carbocycles. The first-order valence-electron chi connectivity index (χ1n) is 22.7. The van der Waals surface area contributed by atoms with E-state index < -0.39 is 65.9 Å². The number of aliphatic hydroxyl groups is 4. The molecule has 0 spiro atoms. The van der Waals surface area contributed by atoms with Gasteiger partial charge in [0.1, 0.15) is 23.7 Å². The quantitative estimate of drug-likeness (QED) is 0.139. The van der Waals surface area contributed by atoms with Gasteiger partial charge in [-0.05, 0) is 132 Å². The van der Waals surface area contributed by atoms with Crippen LogP contribution in [0.1, 0.15) is 97.8 Å². The number of hydrogen-bond donors (Lipinski definition) is 8. The zero-order valence-corrected chi connectivity index (χ0v) is 34.5. The van der Waals surface area contributed by atoms with Crippen LogP contribution in [-0.2, 0) is 23.8 Å². The zero-order chi connectivity index (χ0) is 40.3. The fourth-order valence-corrected chi connectivity index (χ4v) is 14.4. The molecule has 57 heavy (non-hydrogen) atoms. The normalized spacial score (nSPS) is 50.9. The molecule has 8 rings (SSSR count). The standard InChI is InChI=1S/C44H72N4O9/c1-4-21(2)43(54)56-34-17-30-39(53)37-33(52)16-27(19-49)55-41(37)38-36(31(20-50)23-6-5-7-26(51)12-23)28-10-11-47-42(46)29(28)13-24-9-8-22-15-35(45)48-18-25(22)14-32(24)44(34,3)57-40(30)38/h4,22-32,34-42,47-51,53H,5-20,45-46H2,1-3H3/p+1. The molecule has 0 radical (unpaired) electrons. The lowest BCUT2D eigenvalue weighted by atomic mass is 9.51. The van der Waals surface area contributed by atoms with Crippen LogP contribution in [0.25, 0.3) is 0 Å². The topological polar surface area (TPSA) is 223 Å². The summed E-state index contributed by atoms with van der Waals surface area (Å²) in [6.07, 6.45) is 6.22. The number of nitrogens with one attached hydrogen (secondary N) is 1. The fraction of sp³-hybridized carbons (Fsp3) is 0.909. The predicted octanol–water partition coefficient (Wildman–Crippen LogP) is 0.945. The van der Waals surface area contributed by atoms with Crippen molar-refractivity contribution in [2.45, 2.75) is 152 Å². The maximum absolute atomic E-state index is 14.3. The number of quaternary nitrogens is 1. The number of carbonyl (C=O) groups is 2. The summed E-state index contributed by atoms with van der Waals surface area (Å²) in [6, 6.07) is 0. The van der Waals surface area contributed by atoms with Crippen LogP contribution < -0.4 is 22.1 Å². The minimum absolute atomic E-state index is 0.00274. The Labute approximate surface area is 338 Å². The van der Waals surface area contributed by atoms with E-state index in [1.807, 2.05) is 6.92 Å². The average molecular weight is 802 g/mol. The molecule has 3 aliphatic carbocycles. The molecule has 8 aliphatic rings. The summed E-state index contributed by atoms with van der Waals surface area (Å²) in [5.41, 5.74) is 13.3. The van der Waals surface area contributed by atoms with Gasteiger partial charge in [-0.15, -0.1) is 0 Å². The van der Waals surface area contributed by atoms with E-state index in [4.69, 9.17) is 25.7 Å². The molecule has 13 heteroatoms. The van der Waals surface area contributed by atoms with Crippen molar-refractivity contribution in [3.63, 3.8) is 0 Å². The third-order valence-electron chi connectivity index (χ3n) is 17.3. The van der Waals surface area contributed by atoms with Gasteiger partial charge in [-0.25, -0.2) is 4.79 Å². The molecule has 0 amide bonds. The Morgan fingerprint density at radius 3 is 2.53 bits per heavy atom. The monoisotopic (exact) mass is 802 g/mol. The Balaban J connectivity index is 1.32. The Morgan fingerprint density at radius 1 is 1.00 bits per heavy atom. The number of rotatable bonds is 6. The van der Waals surface area contributed by atoms with Gasteiger partial charge in [0.2, 0.25) is 0 Å². The summed E-state index contributed by atoms with van der Waals surface area (Å²) < 4.78 is 21.2. The van der Waals surface area contributed by atoms with E-state index in [9.17, 15) is 30.0 Å². The first-order chi connectivity index (χ1) is 27.4. The summed E-state index contributed by atoms with van der Waals surface area (Å²) >= 11 is 0. The van der Waals surface area contributed by atoms with Crippen molar-refractivity contribution in [1.82, 2.24) is 5.32 Å². The van der Waals surface area contributed by atoms with Crippen molar-refractivity contribution in [2.24, 2.45) is 82.5 Å². The van der Waals surface area contributed by atoms with E-state index in [0.717, 1.165) is 64.3 Å². The number of allylic oxidation sites excluding steroid dienone is 1. The summed E-state index contributed by atoms with van der Waals surface area (Å²) in [5, 5.41) is 51.6. The van der Waals surface area contributed by atoms with E-state index in [0.29, 0.717) is 36.8 Å². The van der Waals surface area contributed by atoms with Crippen LogP contribution in [0.15, 0.2) is 11.6 Å². The smallest absolute Gasteiger partial charge is 0.333 e. The van der Waals surface area contributed by atoms with Gasteiger partial charge in [-0.1, -0.05) is 12.5 Å². The largest absolute Gasteiger partial charge is 0.456 e. The second-order valence-corrected chi connectivity index (χ2v) is 20.1. The number of hydrogen-bond acceptors (Lipinski definition) is 12. The number of nitrogens with two attached hydrogens (primary N) is 3. The van der Waals surface area contributed by atoms with Gasteiger partial charge in [0.05, 0.1) is 55.8 Å². The third kappa shape index (κ3) is 7.71. The molecule has 5 saturated heterocycles. The van der Waals surface area contributed by atoms with Gasteiger partial charge < -0.3 is 51.0 Å². The van der Waals surface area contributed by atoms with Crippen molar-refractivity contribution in [2.75, 3.05) is 26.3 Å². The van der Waals surface area contributed by atoms with Crippen molar-refractivity contribution in [3.05, 3.63) is 11.6 Å². The highest BCUT2D eigenvalue weighted by molar-refractivity contribution is 5.87. The molecule has 13 nitrogen and oxygen atoms in total. The van der Waals surface area contributed by atoms with E-state index in [1.54, 1.807) is 13.0 Å². The van der Waals surface area contributed by atoms with Crippen LogP contribution >= 0.6 is 0 Å². The fourth-order valence-electron chi connectivity index (χ4n) is 14.4. The van der Waals surface area contributed by atoms with Crippen LogP contribution in [0.2, 0.25) is 0 Å². The summed E-state index contributed by atoms with van der Waals surface area (Å²) in [7, 11) is 0. The van der Waals surface area contributed by atoms with Crippen LogP contribution in [0.4, 0.5) is 0 Å². The number of esters is 1. The van der Waals surface area contributed by atoms with Crippen molar-refractivity contribution in [1.29, 1.82) is 0 Å². The van der Waals surface area contributed by atoms with Crippen molar-refractivity contribution in [3.8, 4) is 0 Å². The molecule has 0 aromatic heterocycles. The van der Waals surface area contributed by atoms with E-state index in [-0.39, 0.29) is 79.2 Å². The number of carbonyl (C=O) groups excluding carboxylic acids is 2. The van der Waals surface area contributed by atoms with Crippen LogP contribution in [0.3, 0.4) is 0 Å². The SMILES string of the molecule is CC=C(C)C(=O)OC1CC2C(O)C3C(=O)CC(CO)OC3C3C2OC1(C)C1CC2C[NH2+]C(N)CC2CCC1CC1C(N)NCCC1C3C(CO)C1CCCC(O)C1. The number of fused-ring (bicyclic) bond motifs is 7. The minimum atomic E-state index is -1.11. The summed E-state index contributed by atoms with van der Waals surface area (Å²) in [5.74, 6) is -1.62. The van der Waals surface area contributed by atoms with E-state index in [2.05, 4.69) is 17.6 Å². The summed E-state index contributed by atoms with van der Waals surface area (Å²) in [4.78, 5) is 28.1. The number of ether oxygens (including phenoxy) is 3. The highest BCUT2D eigenvalue weighted by atomic mass is 16.6. The molecular weight excluding hydrogens is 729 g/mol. The number of aliphatic hydroxyl groups excluding tert-OH is 4. The van der Waals surface area contributed by atoms with Gasteiger partial charge in [0, 0.05) is 42.8 Å². The molecule has 8 fully saturated rings. The lowest BCUT2D eigenvalue weighted by Gasteiger charge is -2.64. The molecule has 0 aromatic rings. The van der Waals surface area contributed by atoms with E-state index >= 15 is 0 Å². The lowest BCUT2D eigenvalue weighted by Crippen LogP contribution is -2.96. The number of ketones is 1. The zero-order valence-electron chi connectivity index (χ0n) is 34.5. The Hall–Kier alpha value is -1.52. The van der Waals surface area contributed by atoms with Gasteiger partial charge in [0.15, 0.2) is 0 Å². The van der Waals surface area contributed by atoms with Crippen LogP contribution in [-0.4, -0.2) is 113 Å². The molecule has 21 atom stereocenters. The molecule has 5 heterocycles. The highest BCUT2D eigenvalue weighted by Gasteiger charge is 2.67. The van der Waals surface area contributed by atoms with Crippen LogP contribution in [0.5, 0.6) is 0 Å². The maximum Gasteiger partial charge on any atom is 0.333 e. The second kappa shape index (κ2) is 17.1. The molecule has 21 unspecified atom stereocenters. The van der Waals surface area contributed by atoms with Crippen LogP contribution in [0, 0.1) is 71.0 Å². The molecule has 11 N–H and O–H groups in total. The van der Waals surface area contributed by atoms with Crippen molar-refractivity contribution >= 4 is 11.8 Å². The van der Waals surface area contributed by atoms with Gasteiger partial charge in [-0.2, -0.15) is 0 Å². The van der Waals surface area contributed by atoms with Gasteiger partial charge >= 0.3 is 5.97 Å². The number of Topliss-reactive ketones (excluding diaryl/α,β-unsaturated/α-hetero) is 1. The molecule has 2 bridgehead atoms. The van der Waals surface area contributed by atoms with E-state index in [1.165, 1.54) is 0 Å². The Kier molecular flexibility index (Phi) is 12.6. The number of piperidine rings is 2. The maximum atomic E-state index is 14.3. The molecule has 5 aliphatic heterocycles. The van der Waals surface area contributed by atoms with Crippen molar-refractivity contribution < 1.29 is 49.5 Å². The second-order valence-electron chi connectivity index (χ2n) is 20.1. The molecule has 322 valence electrons. The third-order valence-corrected chi connectivity index (χ3v) is 17.3. The molecular formula is C44H73N4O9+. The lowest BCUT2D eigenvalue weighted by molar-refractivity contribution is -0.706. The Bertz CT molecular complexity index is 1480. The highest BCUT2D eigenvalue weighted by Crippen LogP contribution is 2.60. The average Bonchev–Trinajstić information content (AvgIpc) is 3.37. The van der Waals surface area contributed by atoms with Gasteiger partial charge in [0.25, 0.3) is 0 Å². The predicted molar refractivity (Wildman–Crippen MR) is 210 cm³/mol. The first kappa shape index (κ1) is 42.2. The first-order valence-corrected chi connectivity index (χ1v) is 22.7. The Morgan fingerprint density at radius 2 is 1.79 bits per heavy atom. The molecule has 3 saturated carbocycles. The minimum Gasteiger partial charge on any atom is -0.456 e.